The number of ether oxygens (including phenoxy) is 1. The maximum atomic E-state index is 11.1. The van der Waals surface area contributed by atoms with Crippen LogP contribution in [0, 0.1) is 0 Å². The van der Waals surface area contributed by atoms with Crippen LogP contribution in [0.5, 0.6) is 5.75 Å². The second kappa shape index (κ2) is 14.4. The van der Waals surface area contributed by atoms with Crippen molar-refractivity contribution in [2.24, 2.45) is 4.99 Å². The number of nitrogens with one attached hydrogen (secondary N) is 3. The maximum Gasteiger partial charge on any atom is 0.221 e. The zero-order valence-corrected chi connectivity index (χ0v) is 19.3. The van der Waals surface area contributed by atoms with Crippen molar-refractivity contribution in [3.05, 3.63) is 24.3 Å². The van der Waals surface area contributed by atoms with Gasteiger partial charge in [-0.1, -0.05) is 12.5 Å². The standard InChI is InChI=1S/C20H33N5O2.HI/c1-3-21-20(22-10-14-25-12-5-4-6-13-25)23-11-15-27-19-9-7-8-18(16-19)24-17(2)26;/h7-9,16H,3-6,10-15H2,1-2H3,(H,24,26)(H2,21,22,23);1H. The van der Waals surface area contributed by atoms with Gasteiger partial charge in [0.15, 0.2) is 5.96 Å². The van der Waals surface area contributed by atoms with Gasteiger partial charge >= 0.3 is 0 Å². The van der Waals surface area contributed by atoms with Gasteiger partial charge in [0, 0.05) is 31.8 Å². The van der Waals surface area contributed by atoms with E-state index in [0.29, 0.717) is 13.2 Å². The van der Waals surface area contributed by atoms with Crippen molar-refractivity contribution in [2.75, 3.05) is 51.2 Å². The van der Waals surface area contributed by atoms with Gasteiger partial charge in [-0.2, -0.15) is 0 Å². The lowest BCUT2D eigenvalue weighted by Crippen LogP contribution is -2.40. The van der Waals surface area contributed by atoms with Gasteiger partial charge in [-0.05, 0) is 45.0 Å². The number of guanidine groups is 1. The molecule has 0 aliphatic carbocycles. The molecule has 0 radical (unpaired) electrons. The van der Waals surface area contributed by atoms with Crippen LogP contribution in [0.25, 0.3) is 0 Å². The number of hydrogen-bond acceptors (Lipinski definition) is 4. The van der Waals surface area contributed by atoms with Crippen molar-refractivity contribution < 1.29 is 9.53 Å². The molecule has 0 spiro atoms. The third kappa shape index (κ3) is 10.1. The molecule has 3 N–H and O–H groups in total. The second-order valence-electron chi connectivity index (χ2n) is 6.65. The van der Waals surface area contributed by atoms with Gasteiger partial charge in [0.05, 0.1) is 13.1 Å². The number of likely N-dealkylation sites (tertiary alicyclic amines) is 1. The number of carbonyl (C=O) groups excluding carboxylic acids is 1. The molecular weight excluding hydrogens is 469 g/mol. The molecule has 0 bridgehead atoms. The lowest BCUT2D eigenvalue weighted by molar-refractivity contribution is -0.114. The summed E-state index contributed by atoms with van der Waals surface area (Å²) in [6.07, 6.45) is 3.97. The van der Waals surface area contributed by atoms with Gasteiger partial charge in [-0.25, -0.2) is 0 Å². The molecule has 1 heterocycles. The minimum absolute atomic E-state index is 0. The summed E-state index contributed by atoms with van der Waals surface area (Å²) in [5.41, 5.74) is 0.737. The Balaban J connectivity index is 0.00000392. The van der Waals surface area contributed by atoms with Gasteiger partial charge in [-0.3, -0.25) is 9.79 Å². The van der Waals surface area contributed by atoms with E-state index in [1.54, 1.807) is 0 Å². The van der Waals surface area contributed by atoms with E-state index in [1.165, 1.54) is 39.3 Å². The first-order valence-corrected chi connectivity index (χ1v) is 9.92. The molecule has 2 rings (SSSR count). The molecular formula is C20H34IN5O2. The monoisotopic (exact) mass is 503 g/mol. The maximum absolute atomic E-state index is 11.1. The molecule has 1 aliphatic heterocycles. The third-order valence-electron chi connectivity index (χ3n) is 4.30. The number of hydrogen-bond donors (Lipinski definition) is 3. The fourth-order valence-electron chi connectivity index (χ4n) is 3.03. The highest BCUT2D eigenvalue weighted by Gasteiger charge is 2.09. The highest BCUT2D eigenvalue weighted by molar-refractivity contribution is 14.0. The number of anilines is 1. The summed E-state index contributed by atoms with van der Waals surface area (Å²) in [4.78, 5) is 18.3. The summed E-state index contributed by atoms with van der Waals surface area (Å²) in [7, 11) is 0. The average Bonchev–Trinajstić information content (AvgIpc) is 2.66. The molecule has 7 nitrogen and oxygen atoms in total. The third-order valence-corrected chi connectivity index (χ3v) is 4.30. The van der Waals surface area contributed by atoms with E-state index < -0.39 is 0 Å². The van der Waals surface area contributed by atoms with Gasteiger partial charge in [0.2, 0.25) is 5.91 Å². The molecule has 0 unspecified atom stereocenters. The normalized spacial score (nSPS) is 14.7. The second-order valence-corrected chi connectivity index (χ2v) is 6.65. The summed E-state index contributed by atoms with van der Waals surface area (Å²) >= 11 is 0. The van der Waals surface area contributed by atoms with Crippen LogP contribution in [0.3, 0.4) is 0 Å². The molecule has 1 saturated heterocycles. The number of aliphatic imine (C=N–C) groups is 1. The zero-order chi connectivity index (χ0) is 19.3. The first-order chi connectivity index (χ1) is 13.2. The van der Waals surface area contributed by atoms with E-state index in [9.17, 15) is 4.79 Å². The minimum Gasteiger partial charge on any atom is -0.492 e. The van der Waals surface area contributed by atoms with E-state index in [4.69, 9.17) is 4.74 Å². The molecule has 1 fully saturated rings. The van der Waals surface area contributed by atoms with Gasteiger partial charge in [0.25, 0.3) is 0 Å². The number of benzene rings is 1. The van der Waals surface area contributed by atoms with E-state index in [-0.39, 0.29) is 29.9 Å². The van der Waals surface area contributed by atoms with Crippen molar-refractivity contribution in [1.82, 2.24) is 15.5 Å². The molecule has 1 aromatic carbocycles. The number of carbonyl (C=O) groups is 1. The average molecular weight is 503 g/mol. The minimum atomic E-state index is -0.0927. The molecule has 0 saturated carbocycles. The predicted molar refractivity (Wildman–Crippen MR) is 126 cm³/mol. The van der Waals surface area contributed by atoms with Crippen LogP contribution in [0.1, 0.15) is 33.1 Å². The van der Waals surface area contributed by atoms with E-state index in [2.05, 4.69) is 32.8 Å². The first-order valence-electron chi connectivity index (χ1n) is 9.92. The lowest BCUT2D eigenvalue weighted by atomic mass is 10.1. The van der Waals surface area contributed by atoms with Crippen molar-refractivity contribution in [2.45, 2.75) is 33.1 Å². The van der Waals surface area contributed by atoms with E-state index in [1.807, 2.05) is 24.3 Å². The van der Waals surface area contributed by atoms with Crippen LogP contribution in [0.15, 0.2) is 29.3 Å². The van der Waals surface area contributed by atoms with Crippen LogP contribution < -0.4 is 20.7 Å². The molecule has 1 aliphatic rings. The fraction of sp³-hybridized carbons (Fsp3) is 0.600. The quantitative estimate of drug-likeness (QED) is 0.209. The molecule has 0 aromatic heterocycles. The van der Waals surface area contributed by atoms with Crippen LogP contribution in [-0.4, -0.2) is 62.6 Å². The van der Waals surface area contributed by atoms with Crippen molar-refractivity contribution >= 4 is 41.5 Å². The molecule has 1 amide bonds. The Morgan fingerprint density at radius 2 is 2.00 bits per heavy atom. The highest BCUT2D eigenvalue weighted by atomic mass is 127. The summed E-state index contributed by atoms with van der Waals surface area (Å²) in [5, 5.41) is 9.32. The van der Waals surface area contributed by atoms with Crippen molar-refractivity contribution in [3.63, 3.8) is 0 Å². The Kier molecular flexibility index (Phi) is 12.6. The van der Waals surface area contributed by atoms with Crippen molar-refractivity contribution in [3.8, 4) is 5.75 Å². The lowest BCUT2D eigenvalue weighted by Gasteiger charge is -2.25. The predicted octanol–water partition coefficient (Wildman–Crippen LogP) is 2.68. The van der Waals surface area contributed by atoms with Gasteiger partial charge in [0.1, 0.15) is 12.4 Å². The highest BCUT2D eigenvalue weighted by Crippen LogP contribution is 2.17. The molecule has 1 aromatic rings. The number of nitrogens with zero attached hydrogens (tertiary/aromatic N) is 2. The smallest absolute Gasteiger partial charge is 0.221 e. The van der Waals surface area contributed by atoms with Crippen LogP contribution in [-0.2, 0) is 4.79 Å². The Bertz CT molecular complexity index is 606. The Labute approximate surface area is 185 Å². The van der Waals surface area contributed by atoms with Gasteiger partial charge in [-0.15, -0.1) is 24.0 Å². The van der Waals surface area contributed by atoms with Crippen LogP contribution in [0.4, 0.5) is 5.69 Å². The van der Waals surface area contributed by atoms with Crippen LogP contribution in [0.2, 0.25) is 0 Å². The SMILES string of the molecule is CCNC(=NCCN1CCCCC1)NCCOc1cccc(NC(C)=O)c1.I. The Morgan fingerprint density at radius 3 is 2.71 bits per heavy atom. The molecule has 158 valence electrons. The number of piperidine rings is 1. The number of rotatable bonds is 9. The van der Waals surface area contributed by atoms with E-state index >= 15 is 0 Å². The number of halogens is 1. The summed E-state index contributed by atoms with van der Waals surface area (Å²) in [6.45, 7) is 9.76. The zero-order valence-electron chi connectivity index (χ0n) is 17.0. The largest absolute Gasteiger partial charge is 0.492 e. The fourth-order valence-corrected chi connectivity index (χ4v) is 3.03. The summed E-state index contributed by atoms with van der Waals surface area (Å²) < 4.78 is 5.75. The number of amides is 1. The molecule has 28 heavy (non-hydrogen) atoms. The van der Waals surface area contributed by atoms with Crippen LogP contribution >= 0.6 is 24.0 Å². The van der Waals surface area contributed by atoms with Crippen molar-refractivity contribution in [1.29, 1.82) is 0 Å². The first kappa shape index (κ1) is 24.5. The van der Waals surface area contributed by atoms with Gasteiger partial charge < -0.3 is 25.6 Å². The van der Waals surface area contributed by atoms with E-state index in [0.717, 1.165) is 37.0 Å². The summed E-state index contributed by atoms with van der Waals surface area (Å²) in [6, 6.07) is 7.40. The molecule has 0 atom stereocenters. The Morgan fingerprint density at radius 1 is 1.21 bits per heavy atom. The summed E-state index contributed by atoms with van der Waals surface area (Å²) in [5.74, 6) is 1.46. The Hall–Kier alpha value is -1.55. The molecule has 8 heteroatoms. The topological polar surface area (TPSA) is 78.0 Å².